The summed E-state index contributed by atoms with van der Waals surface area (Å²) < 4.78 is 0. The van der Waals surface area contributed by atoms with Crippen LogP contribution < -0.4 is 0 Å². The van der Waals surface area contributed by atoms with E-state index in [-0.39, 0.29) is 0 Å². The monoisotopic (exact) mass is 194 g/mol. The molecule has 0 amide bonds. The maximum atomic E-state index is 4.18. The SMILES string of the molecule is C=C(S)c1ccccc1C(=C)S. The second-order valence-electron chi connectivity index (χ2n) is 2.44. The minimum Gasteiger partial charge on any atom is -0.143 e. The Bertz CT molecular complexity index is 293. The molecule has 0 N–H and O–H groups in total. The Morgan fingerprint density at radius 3 is 1.50 bits per heavy atom. The molecule has 0 fully saturated rings. The molecule has 0 bridgehead atoms. The smallest absolute Gasteiger partial charge is 0.00469 e. The molecule has 2 heteroatoms. The van der Waals surface area contributed by atoms with Gasteiger partial charge in [0.2, 0.25) is 0 Å². The van der Waals surface area contributed by atoms with Crippen molar-refractivity contribution in [3.8, 4) is 0 Å². The van der Waals surface area contributed by atoms with Crippen LogP contribution in [0.4, 0.5) is 0 Å². The highest BCUT2D eigenvalue weighted by molar-refractivity contribution is 7.91. The fourth-order valence-corrected chi connectivity index (χ4v) is 1.38. The molecule has 0 spiro atoms. The summed E-state index contributed by atoms with van der Waals surface area (Å²) in [6.45, 7) is 7.52. The van der Waals surface area contributed by atoms with Crippen molar-refractivity contribution in [3.05, 3.63) is 48.6 Å². The van der Waals surface area contributed by atoms with Crippen molar-refractivity contribution < 1.29 is 0 Å². The third-order valence-electron chi connectivity index (χ3n) is 1.55. The summed E-state index contributed by atoms with van der Waals surface area (Å²) in [6.07, 6.45) is 0. The van der Waals surface area contributed by atoms with Gasteiger partial charge in [0, 0.05) is 9.81 Å². The lowest BCUT2D eigenvalue weighted by Crippen LogP contribution is -1.84. The number of hydrogen-bond donors (Lipinski definition) is 2. The molecule has 0 aliphatic heterocycles. The van der Waals surface area contributed by atoms with Crippen LogP contribution in [0, 0.1) is 0 Å². The van der Waals surface area contributed by atoms with E-state index < -0.39 is 0 Å². The Morgan fingerprint density at radius 2 is 1.25 bits per heavy atom. The summed E-state index contributed by atoms with van der Waals surface area (Å²) in [6, 6.07) is 7.78. The minimum atomic E-state index is 0.737. The Balaban J connectivity index is 3.27. The van der Waals surface area contributed by atoms with Crippen molar-refractivity contribution in [2.24, 2.45) is 0 Å². The van der Waals surface area contributed by atoms with Gasteiger partial charge in [0.15, 0.2) is 0 Å². The summed E-state index contributed by atoms with van der Waals surface area (Å²) in [5, 5.41) is 0. The van der Waals surface area contributed by atoms with E-state index >= 15 is 0 Å². The van der Waals surface area contributed by atoms with Crippen LogP contribution in [0.5, 0.6) is 0 Å². The molecule has 1 aromatic rings. The van der Waals surface area contributed by atoms with Crippen molar-refractivity contribution in [1.29, 1.82) is 0 Å². The lowest BCUT2D eigenvalue weighted by Gasteiger charge is -2.06. The first-order valence-corrected chi connectivity index (χ1v) is 4.38. The summed E-state index contributed by atoms with van der Waals surface area (Å²) in [5.41, 5.74) is 1.97. The highest BCUT2D eigenvalue weighted by Crippen LogP contribution is 2.26. The number of thiol groups is 2. The zero-order chi connectivity index (χ0) is 9.14. The van der Waals surface area contributed by atoms with E-state index in [2.05, 4.69) is 38.4 Å². The van der Waals surface area contributed by atoms with Crippen molar-refractivity contribution in [3.63, 3.8) is 0 Å². The predicted molar refractivity (Wildman–Crippen MR) is 62.5 cm³/mol. The molecule has 12 heavy (non-hydrogen) atoms. The number of hydrogen-bond acceptors (Lipinski definition) is 2. The van der Waals surface area contributed by atoms with E-state index in [9.17, 15) is 0 Å². The molecule has 0 atom stereocenters. The van der Waals surface area contributed by atoms with Crippen molar-refractivity contribution in [1.82, 2.24) is 0 Å². The number of benzene rings is 1. The molecule has 0 saturated heterocycles. The van der Waals surface area contributed by atoms with E-state index in [0.29, 0.717) is 0 Å². The van der Waals surface area contributed by atoms with Gasteiger partial charge in [-0.2, -0.15) is 0 Å². The van der Waals surface area contributed by atoms with Crippen molar-refractivity contribution in [2.75, 3.05) is 0 Å². The van der Waals surface area contributed by atoms with Crippen LogP contribution in [0.25, 0.3) is 9.81 Å². The Hall–Kier alpha value is -0.600. The highest BCUT2D eigenvalue weighted by atomic mass is 32.1. The Kier molecular flexibility index (Phi) is 3.06. The van der Waals surface area contributed by atoms with Gasteiger partial charge in [-0.1, -0.05) is 37.4 Å². The van der Waals surface area contributed by atoms with E-state index in [4.69, 9.17) is 0 Å². The van der Waals surface area contributed by atoms with Crippen LogP contribution in [-0.4, -0.2) is 0 Å². The quantitative estimate of drug-likeness (QED) is 0.662. The van der Waals surface area contributed by atoms with Gasteiger partial charge in [0.25, 0.3) is 0 Å². The van der Waals surface area contributed by atoms with E-state index in [1.54, 1.807) is 0 Å². The van der Waals surface area contributed by atoms with E-state index in [1.807, 2.05) is 24.3 Å². The zero-order valence-electron chi connectivity index (χ0n) is 6.62. The molecule has 1 aromatic carbocycles. The molecular weight excluding hydrogens is 184 g/mol. The molecule has 0 saturated carbocycles. The van der Waals surface area contributed by atoms with Gasteiger partial charge >= 0.3 is 0 Å². The average molecular weight is 194 g/mol. The van der Waals surface area contributed by atoms with Crippen LogP contribution in [-0.2, 0) is 0 Å². The summed E-state index contributed by atoms with van der Waals surface area (Å²) in [4.78, 5) is 1.47. The molecule has 0 aliphatic carbocycles. The van der Waals surface area contributed by atoms with Gasteiger partial charge in [-0.15, -0.1) is 25.3 Å². The summed E-state index contributed by atoms with van der Waals surface area (Å²) in [5.74, 6) is 0. The minimum absolute atomic E-state index is 0.737. The second kappa shape index (κ2) is 3.87. The lowest BCUT2D eigenvalue weighted by atomic mass is 10.1. The van der Waals surface area contributed by atoms with Gasteiger partial charge in [-0.05, 0) is 11.1 Å². The molecule has 0 nitrogen and oxygen atoms in total. The highest BCUT2D eigenvalue weighted by Gasteiger charge is 2.02. The van der Waals surface area contributed by atoms with Gasteiger partial charge < -0.3 is 0 Å². The van der Waals surface area contributed by atoms with Crippen molar-refractivity contribution in [2.45, 2.75) is 0 Å². The molecule has 0 aromatic heterocycles. The zero-order valence-corrected chi connectivity index (χ0v) is 8.41. The standard InChI is InChI=1S/C10H10S2/c1-7(11)9-5-3-4-6-10(9)8(2)12/h3-6,11-12H,1-2H2. The topological polar surface area (TPSA) is 0 Å². The van der Waals surface area contributed by atoms with Gasteiger partial charge in [-0.3, -0.25) is 0 Å². The van der Waals surface area contributed by atoms with E-state index in [1.165, 1.54) is 0 Å². The maximum Gasteiger partial charge on any atom is 0.00469 e. The van der Waals surface area contributed by atoms with Crippen LogP contribution in [0.15, 0.2) is 37.4 Å². The van der Waals surface area contributed by atoms with Gasteiger partial charge in [-0.25, -0.2) is 0 Å². The van der Waals surface area contributed by atoms with Crippen LogP contribution in [0.3, 0.4) is 0 Å². The lowest BCUT2D eigenvalue weighted by molar-refractivity contribution is 1.61. The molecular formula is C10H10S2. The Labute approximate surface area is 83.8 Å². The first-order valence-electron chi connectivity index (χ1n) is 3.48. The first-order chi connectivity index (χ1) is 5.63. The van der Waals surface area contributed by atoms with Crippen LogP contribution in [0.1, 0.15) is 11.1 Å². The second-order valence-corrected chi connectivity index (χ2v) is 3.52. The molecule has 1 rings (SSSR count). The third kappa shape index (κ3) is 1.96. The fourth-order valence-electron chi connectivity index (χ4n) is 0.986. The molecule has 0 radical (unpaired) electrons. The van der Waals surface area contributed by atoms with Crippen molar-refractivity contribution >= 4 is 35.1 Å². The van der Waals surface area contributed by atoms with Gasteiger partial charge in [0.05, 0.1) is 0 Å². The van der Waals surface area contributed by atoms with E-state index in [0.717, 1.165) is 20.9 Å². The average Bonchev–Trinajstić information content (AvgIpc) is 2.04. The molecule has 0 aliphatic rings. The number of rotatable bonds is 2. The molecule has 62 valence electrons. The fraction of sp³-hybridized carbons (Fsp3) is 0. The predicted octanol–water partition coefficient (Wildman–Crippen LogP) is 3.49. The van der Waals surface area contributed by atoms with Crippen LogP contribution in [0.2, 0.25) is 0 Å². The normalized spacial score (nSPS) is 9.50. The largest absolute Gasteiger partial charge is 0.143 e. The van der Waals surface area contributed by atoms with Crippen LogP contribution >= 0.6 is 25.3 Å². The first kappa shape index (κ1) is 9.49. The van der Waals surface area contributed by atoms with Gasteiger partial charge in [0.1, 0.15) is 0 Å². The molecule has 0 heterocycles. The Morgan fingerprint density at radius 1 is 0.917 bits per heavy atom. The summed E-state index contributed by atoms with van der Waals surface area (Å²) >= 11 is 8.36. The third-order valence-corrected chi connectivity index (χ3v) is 2.03. The molecule has 0 unspecified atom stereocenters. The summed E-state index contributed by atoms with van der Waals surface area (Å²) in [7, 11) is 0. The maximum absolute atomic E-state index is 4.18.